The summed E-state index contributed by atoms with van der Waals surface area (Å²) in [5, 5.41) is 4.54. The van der Waals surface area contributed by atoms with Gasteiger partial charge in [0.15, 0.2) is 0 Å². The molecule has 0 amide bonds. The van der Waals surface area contributed by atoms with Crippen LogP contribution in [0.25, 0.3) is 16.9 Å². The van der Waals surface area contributed by atoms with Gasteiger partial charge in [-0.05, 0) is 32.9 Å². The van der Waals surface area contributed by atoms with Crippen molar-refractivity contribution in [1.29, 1.82) is 0 Å². The number of para-hydroxylation sites is 1. The summed E-state index contributed by atoms with van der Waals surface area (Å²) in [4.78, 5) is 0.164. The number of nitrogens with one attached hydrogen (secondary N) is 1. The lowest BCUT2D eigenvalue weighted by Crippen LogP contribution is -2.40. The second kappa shape index (κ2) is 6.46. The van der Waals surface area contributed by atoms with Crippen LogP contribution in [0.5, 0.6) is 0 Å². The SMILES string of the molecule is CC(C)(C)NS(=O)(=O)c1cn(-c2ccccc2)nc1-c1ccccc1. The molecule has 130 valence electrons. The van der Waals surface area contributed by atoms with Gasteiger partial charge in [-0.1, -0.05) is 48.5 Å². The van der Waals surface area contributed by atoms with Crippen molar-refractivity contribution in [3.8, 4) is 16.9 Å². The molecule has 5 nitrogen and oxygen atoms in total. The summed E-state index contributed by atoms with van der Waals surface area (Å²) in [6, 6.07) is 18.8. The van der Waals surface area contributed by atoms with Gasteiger partial charge in [0.1, 0.15) is 10.6 Å². The molecule has 1 heterocycles. The van der Waals surface area contributed by atoms with E-state index in [0.717, 1.165) is 11.3 Å². The minimum absolute atomic E-state index is 0.164. The van der Waals surface area contributed by atoms with Crippen molar-refractivity contribution in [2.75, 3.05) is 0 Å². The van der Waals surface area contributed by atoms with Gasteiger partial charge in [-0.25, -0.2) is 17.8 Å². The van der Waals surface area contributed by atoms with Crippen LogP contribution in [0.15, 0.2) is 71.8 Å². The Balaban J connectivity index is 2.18. The van der Waals surface area contributed by atoms with E-state index in [0.29, 0.717) is 5.69 Å². The predicted octanol–water partition coefficient (Wildman–Crippen LogP) is 3.62. The van der Waals surface area contributed by atoms with Crippen molar-refractivity contribution >= 4 is 10.0 Å². The van der Waals surface area contributed by atoms with Crippen LogP contribution in [0.3, 0.4) is 0 Å². The maximum Gasteiger partial charge on any atom is 0.244 e. The Morgan fingerprint density at radius 2 is 1.48 bits per heavy atom. The van der Waals surface area contributed by atoms with Crippen molar-refractivity contribution in [2.24, 2.45) is 0 Å². The topological polar surface area (TPSA) is 64.0 Å². The number of hydrogen-bond donors (Lipinski definition) is 1. The molecule has 0 saturated heterocycles. The van der Waals surface area contributed by atoms with Crippen LogP contribution in [0.2, 0.25) is 0 Å². The smallest absolute Gasteiger partial charge is 0.239 e. The molecule has 0 saturated carbocycles. The van der Waals surface area contributed by atoms with Gasteiger partial charge >= 0.3 is 0 Å². The minimum Gasteiger partial charge on any atom is -0.239 e. The van der Waals surface area contributed by atoms with Crippen molar-refractivity contribution in [1.82, 2.24) is 14.5 Å². The largest absolute Gasteiger partial charge is 0.244 e. The maximum absolute atomic E-state index is 12.9. The molecule has 0 spiro atoms. The summed E-state index contributed by atoms with van der Waals surface area (Å²) in [5.74, 6) is 0. The van der Waals surface area contributed by atoms with Gasteiger partial charge in [-0.2, -0.15) is 5.10 Å². The molecule has 0 aliphatic rings. The highest BCUT2D eigenvalue weighted by atomic mass is 32.2. The Morgan fingerprint density at radius 1 is 0.920 bits per heavy atom. The van der Waals surface area contributed by atoms with Crippen molar-refractivity contribution in [3.63, 3.8) is 0 Å². The standard InChI is InChI=1S/C19H21N3O2S/c1-19(2,3)21-25(23,24)17-14-22(16-12-8-5-9-13-16)20-18(17)15-10-6-4-7-11-15/h4-14,21H,1-3H3. The first kappa shape index (κ1) is 17.4. The second-order valence-electron chi connectivity index (χ2n) is 6.84. The van der Waals surface area contributed by atoms with Crippen LogP contribution in [0.4, 0.5) is 0 Å². The third kappa shape index (κ3) is 3.97. The lowest BCUT2D eigenvalue weighted by Gasteiger charge is -2.20. The number of rotatable bonds is 4. The molecule has 3 aromatic rings. The quantitative estimate of drug-likeness (QED) is 0.777. The van der Waals surface area contributed by atoms with Crippen molar-refractivity contribution < 1.29 is 8.42 Å². The van der Waals surface area contributed by atoms with E-state index >= 15 is 0 Å². The number of hydrogen-bond acceptors (Lipinski definition) is 3. The zero-order valence-electron chi connectivity index (χ0n) is 14.5. The normalized spacial score (nSPS) is 12.3. The van der Waals surface area contributed by atoms with E-state index in [2.05, 4.69) is 9.82 Å². The Hall–Kier alpha value is -2.44. The van der Waals surface area contributed by atoms with Crippen LogP contribution >= 0.6 is 0 Å². The van der Waals surface area contributed by atoms with Gasteiger partial charge in [-0.3, -0.25) is 0 Å². The number of aromatic nitrogens is 2. The third-order valence-corrected chi connectivity index (χ3v) is 5.24. The van der Waals surface area contributed by atoms with Gasteiger partial charge in [0.05, 0.1) is 11.9 Å². The lowest BCUT2D eigenvalue weighted by atomic mass is 10.1. The van der Waals surface area contributed by atoms with Crippen LogP contribution in [-0.2, 0) is 10.0 Å². The molecule has 0 bridgehead atoms. The fourth-order valence-corrected chi connectivity index (χ4v) is 4.09. The molecule has 2 aromatic carbocycles. The minimum atomic E-state index is -3.72. The van der Waals surface area contributed by atoms with Crippen LogP contribution in [0, 0.1) is 0 Å². The first-order valence-corrected chi connectivity index (χ1v) is 9.49. The van der Waals surface area contributed by atoms with E-state index in [1.54, 1.807) is 10.9 Å². The molecular formula is C19H21N3O2S. The molecule has 3 rings (SSSR count). The molecule has 1 aromatic heterocycles. The highest BCUT2D eigenvalue weighted by molar-refractivity contribution is 7.89. The van der Waals surface area contributed by atoms with E-state index < -0.39 is 15.6 Å². The highest BCUT2D eigenvalue weighted by Gasteiger charge is 2.28. The summed E-state index contributed by atoms with van der Waals surface area (Å²) in [6.07, 6.45) is 1.56. The maximum atomic E-state index is 12.9. The molecule has 0 radical (unpaired) electrons. The summed E-state index contributed by atoms with van der Waals surface area (Å²) in [6.45, 7) is 5.44. The molecule has 0 aliphatic carbocycles. The second-order valence-corrected chi connectivity index (χ2v) is 8.49. The Kier molecular flexibility index (Phi) is 4.49. The van der Waals surface area contributed by atoms with E-state index in [1.165, 1.54) is 0 Å². The number of nitrogens with zero attached hydrogens (tertiary/aromatic N) is 2. The third-order valence-electron chi connectivity index (χ3n) is 3.48. The molecule has 25 heavy (non-hydrogen) atoms. The van der Waals surface area contributed by atoms with Crippen LogP contribution < -0.4 is 4.72 Å². The fraction of sp³-hybridized carbons (Fsp3) is 0.211. The van der Waals surface area contributed by atoms with Gasteiger partial charge in [0.2, 0.25) is 10.0 Å². The molecule has 1 N–H and O–H groups in total. The molecule has 0 unspecified atom stereocenters. The van der Waals surface area contributed by atoms with E-state index in [-0.39, 0.29) is 4.90 Å². The highest BCUT2D eigenvalue weighted by Crippen LogP contribution is 2.28. The fourth-order valence-electron chi connectivity index (χ4n) is 2.52. The Labute approximate surface area is 148 Å². The summed E-state index contributed by atoms with van der Waals surface area (Å²) in [5.41, 5.74) is 1.41. The summed E-state index contributed by atoms with van der Waals surface area (Å²) in [7, 11) is -3.72. The van der Waals surface area contributed by atoms with Gasteiger partial charge in [-0.15, -0.1) is 0 Å². The molecule has 0 atom stereocenters. The predicted molar refractivity (Wildman–Crippen MR) is 99.1 cm³/mol. The Morgan fingerprint density at radius 3 is 2.04 bits per heavy atom. The van der Waals surface area contributed by atoms with Gasteiger partial charge in [0, 0.05) is 11.1 Å². The van der Waals surface area contributed by atoms with E-state index in [4.69, 9.17) is 0 Å². The monoisotopic (exact) mass is 355 g/mol. The zero-order valence-corrected chi connectivity index (χ0v) is 15.3. The average molecular weight is 355 g/mol. The van der Waals surface area contributed by atoms with E-state index in [1.807, 2.05) is 81.4 Å². The summed E-state index contributed by atoms with van der Waals surface area (Å²) >= 11 is 0. The number of benzene rings is 2. The van der Waals surface area contributed by atoms with Gasteiger partial charge < -0.3 is 0 Å². The molecule has 6 heteroatoms. The molecule has 0 aliphatic heterocycles. The van der Waals surface area contributed by atoms with Crippen LogP contribution in [-0.4, -0.2) is 23.7 Å². The first-order chi connectivity index (χ1) is 11.8. The van der Waals surface area contributed by atoms with Crippen LogP contribution in [0.1, 0.15) is 20.8 Å². The average Bonchev–Trinajstić information content (AvgIpc) is 3.01. The Bertz CT molecular complexity index is 957. The van der Waals surface area contributed by atoms with Crippen molar-refractivity contribution in [3.05, 3.63) is 66.9 Å². The van der Waals surface area contributed by atoms with Gasteiger partial charge in [0.25, 0.3) is 0 Å². The molecular weight excluding hydrogens is 334 g/mol. The first-order valence-electron chi connectivity index (χ1n) is 8.01. The number of sulfonamides is 1. The van der Waals surface area contributed by atoms with E-state index in [9.17, 15) is 8.42 Å². The lowest BCUT2D eigenvalue weighted by molar-refractivity contribution is 0.491. The van der Waals surface area contributed by atoms with Crippen molar-refractivity contribution in [2.45, 2.75) is 31.2 Å². The summed E-state index contributed by atoms with van der Waals surface area (Å²) < 4.78 is 30.1. The zero-order chi connectivity index (χ0) is 18.1. The molecule has 0 fully saturated rings.